The predicted molar refractivity (Wildman–Crippen MR) is 128 cm³/mol. The highest BCUT2D eigenvalue weighted by Gasteiger charge is 2.32. The molecule has 0 aliphatic carbocycles. The summed E-state index contributed by atoms with van der Waals surface area (Å²) in [5.74, 6) is -0.0439. The van der Waals surface area contributed by atoms with E-state index in [1.807, 2.05) is 41.3 Å². The molecular weight excluding hydrogens is 442 g/mol. The molecule has 6 nitrogen and oxygen atoms in total. The molecule has 0 bridgehead atoms. The summed E-state index contributed by atoms with van der Waals surface area (Å²) >= 11 is 1.63. The Morgan fingerprint density at radius 1 is 1.16 bits per heavy atom. The van der Waals surface area contributed by atoms with E-state index in [1.165, 1.54) is 0 Å². The summed E-state index contributed by atoms with van der Waals surface area (Å²) in [5, 5.41) is 0.955. The average Bonchev–Trinajstić information content (AvgIpc) is 3.40. The van der Waals surface area contributed by atoms with Gasteiger partial charge in [0.2, 0.25) is 15.9 Å². The van der Waals surface area contributed by atoms with Crippen molar-refractivity contribution < 1.29 is 13.2 Å². The molecule has 3 aromatic rings. The van der Waals surface area contributed by atoms with E-state index in [4.69, 9.17) is 4.98 Å². The topological polar surface area (TPSA) is 79.4 Å². The van der Waals surface area contributed by atoms with Crippen LogP contribution in [0.3, 0.4) is 0 Å². The first-order chi connectivity index (χ1) is 15.1. The highest BCUT2D eigenvalue weighted by atomic mass is 32.2. The average molecular weight is 472 g/mol. The lowest BCUT2D eigenvalue weighted by molar-refractivity contribution is -0.131. The Kier molecular flexibility index (Phi) is 6.38. The van der Waals surface area contributed by atoms with E-state index < -0.39 is 10.0 Å². The van der Waals surface area contributed by atoms with Gasteiger partial charge in [-0.2, -0.15) is 0 Å². The number of likely N-dealkylation sites (tertiary alicyclic amines) is 1. The summed E-state index contributed by atoms with van der Waals surface area (Å²) in [6.45, 7) is 7.01. The minimum atomic E-state index is -3.66. The van der Waals surface area contributed by atoms with Gasteiger partial charge in [0.1, 0.15) is 5.01 Å². The van der Waals surface area contributed by atoms with E-state index in [2.05, 4.69) is 25.5 Å². The molecule has 1 amide bonds. The summed E-state index contributed by atoms with van der Waals surface area (Å²) in [6, 6.07) is 14.9. The Labute approximate surface area is 193 Å². The van der Waals surface area contributed by atoms with Gasteiger partial charge in [0.15, 0.2) is 0 Å². The van der Waals surface area contributed by atoms with E-state index in [-0.39, 0.29) is 35.2 Å². The fraction of sp³-hybridized carbons (Fsp3) is 0.417. The lowest BCUT2D eigenvalue weighted by Crippen LogP contribution is -2.34. The SMILES string of the molecule is CC(C)(C)c1ccc(S(=O)(=O)NCCC(=O)N2CCCC2c2nc3ccccc3s2)cc1. The normalized spacial score (nSPS) is 17.2. The number of aromatic nitrogens is 1. The Bertz CT molecular complexity index is 1180. The van der Waals surface area contributed by atoms with Crippen LogP contribution in [0.5, 0.6) is 0 Å². The van der Waals surface area contributed by atoms with Gasteiger partial charge in [0.05, 0.1) is 21.2 Å². The van der Waals surface area contributed by atoms with Gasteiger partial charge >= 0.3 is 0 Å². The molecule has 170 valence electrons. The molecule has 1 unspecified atom stereocenters. The maximum Gasteiger partial charge on any atom is 0.240 e. The van der Waals surface area contributed by atoms with E-state index in [9.17, 15) is 13.2 Å². The van der Waals surface area contributed by atoms with E-state index >= 15 is 0 Å². The van der Waals surface area contributed by atoms with Crippen molar-refractivity contribution >= 4 is 37.5 Å². The third kappa shape index (κ3) is 4.87. The van der Waals surface area contributed by atoms with Gasteiger partial charge in [-0.25, -0.2) is 18.1 Å². The molecule has 1 aromatic heterocycles. The fourth-order valence-corrected chi connectivity index (χ4v) is 6.16. The van der Waals surface area contributed by atoms with Crippen molar-refractivity contribution in [2.24, 2.45) is 0 Å². The van der Waals surface area contributed by atoms with Crippen molar-refractivity contribution in [1.29, 1.82) is 0 Å². The Balaban J connectivity index is 1.37. The summed E-state index contributed by atoms with van der Waals surface area (Å²) in [7, 11) is -3.66. The molecule has 8 heteroatoms. The molecule has 2 aromatic carbocycles. The number of sulfonamides is 1. The minimum absolute atomic E-state index is 0.0264. The molecule has 1 aliphatic heterocycles. The van der Waals surface area contributed by atoms with Crippen LogP contribution in [0.2, 0.25) is 0 Å². The zero-order valence-corrected chi connectivity index (χ0v) is 20.3. The second kappa shape index (κ2) is 8.92. The maximum absolute atomic E-state index is 12.9. The minimum Gasteiger partial charge on any atom is -0.333 e. The number of nitrogens with zero attached hydrogens (tertiary/aromatic N) is 2. The molecule has 1 saturated heterocycles. The van der Waals surface area contributed by atoms with E-state index in [0.717, 1.165) is 33.6 Å². The fourth-order valence-electron chi connectivity index (χ4n) is 4.01. The van der Waals surface area contributed by atoms with Crippen LogP contribution >= 0.6 is 11.3 Å². The van der Waals surface area contributed by atoms with Gasteiger partial charge in [-0.3, -0.25) is 4.79 Å². The molecular formula is C24H29N3O3S2. The molecule has 0 saturated carbocycles. The maximum atomic E-state index is 12.9. The number of amides is 1. The van der Waals surface area contributed by atoms with Gasteiger partial charge in [-0.1, -0.05) is 45.0 Å². The third-order valence-electron chi connectivity index (χ3n) is 5.83. The molecule has 1 atom stereocenters. The number of rotatable bonds is 6. The Morgan fingerprint density at radius 2 is 1.88 bits per heavy atom. The molecule has 1 N–H and O–H groups in total. The Hall–Kier alpha value is -2.29. The van der Waals surface area contributed by atoms with Crippen molar-refractivity contribution in [3.8, 4) is 0 Å². The molecule has 32 heavy (non-hydrogen) atoms. The summed E-state index contributed by atoms with van der Waals surface area (Å²) < 4.78 is 29.0. The largest absolute Gasteiger partial charge is 0.333 e. The number of hydrogen-bond donors (Lipinski definition) is 1. The molecule has 1 aliphatic rings. The lowest BCUT2D eigenvalue weighted by Gasteiger charge is -2.23. The number of hydrogen-bond acceptors (Lipinski definition) is 5. The smallest absolute Gasteiger partial charge is 0.240 e. The summed E-state index contributed by atoms with van der Waals surface area (Å²) in [5.41, 5.74) is 1.98. The van der Waals surface area contributed by atoms with Crippen LogP contribution in [0.1, 0.15) is 56.6 Å². The van der Waals surface area contributed by atoms with Crippen LogP contribution in [-0.2, 0) is 20.2 Å². The first-order valence-corrected chi connectivity index (χ1v) is 13.2. The Morgan fingerprint density at radius 3 is 2.56 bits per heavy atom. The van der Waals surface area contributed by atoms with Crippen LogP contribution in [0.25, 0.3) is 10.2 Å². The highest BCUT2D eigenvalue weighted by Crippen LogP contribution is 2.36. The number of nitrogens with one attached hydrogen (secondary N) is 1. The van der Waals surface area contributed by atoms with Gasteiger partial charge < -0.3 is 4.90 Å². The number of thiazole rings is 1. The van der Waals surface area contributed by atoms with E-state index in [0.29, 0.717) is 6.54 Å². The predicted octanol–water partition coefficient (Wildman–Crippen LogP) is 4.63. The lowest BCUT2D eigenvalue weighted by atomic mass is 9.87. The zero-order chi connectivity index (χ0) is 22.9. The number of carbonyl (C=O) groups is 1. The van der Waals surface area contributed by atoms with E-state index in [1.54, 1.807) is 23.5 Å². The van der Waals surface area contributed by atoms with Crippen LogP contribution < -0.4 is 4.72 Å². The third-order valence-corrected chi connectivity index (χ3v) is 8.44. The number of benzene rings is 2. The van der Waals surface area contributed by atoms with Gasteiger partial charge in [0, 0.05) is 19.5 Å². The molecule has 1 fully saturated rings. The number of fused-ring (bicyclic) bond motifs is 1. The van der Waals surface area contributed by atoms with Crippen molar-refractivity contribution in [3.05, 3.63) is 59.1 Å². The standard InChI is InChI=1S/C24H29N3O3S2/c1-24(2,3)17-10-12-18(13-11-17)32(29,30)25-15-14-22(28)27-16-6-8-20(27)23-26-19-7-4-5-9-21(19)31-23/h4-5,7,9-13,20,25H,6,8,14-16H2,1-3H3. The van der Waals surface area contributed by atoms with Gasteiger partial charge in [0.25, 0.3) is 0 Å². The molecule has 2 heterocycles. The highest BCUT2D eigenvalue weighted by molar-refractivity contribution is 7.89. The van der Waals surface area contributed by atoms with Crippen molar-refractivity contribution in [3.63, 3.8) is 0 Å². The summed E-state index contributed by atoms with van der Waals surface area (Å²) in [6.07, 6.45) is 1.94. The van der Waals surface area contributed by atoms with Gasteiger partial charge in [-0.15, -0.1) is 11.3 Å². The molecule has 0 spiro atoms. The second-order valence-electron chi connectivity index (χ2n) is 9.19. The first kappa shape index (κ1) is 22.9. The molecule has 4 rings (SSSR count). The van der Waals surface area contributed by atoms with Crippen molar-refractivity contribution in [2.75, 3.05) is 13.1 Å². The van der Waals surface area contributed by atoms with Gasteiger partial charge in [-0.05, 0) is 48.1 Å². The monoisotopic (exact) mass is 471 g/mol. The van der Waals surface area contributed by atoms with Crippen LogP contribution in [0.15, 0.2) is 53.4 Å². The van der Waals surface area contributed by atoms with Crippen LogP contribution in [0.4, 0.5) is 0 Å². The number of para-hydroxylation sites is 1. The van der Waals surface area contributed by atoms with Crippen molar-refractivity contribution in [1.82, 2.24) is 14.6 Å². The van der Waals surface area contributed by atoms with Crippen molar-refractivity contribution in [2.45, 2.75) is 56.4 Å². The molecule has 0 radical (unpaired) electrons. The number of carbonyl (C=O) groups excluding carboxylic acids is 1. The van der Waals surface area contributed by atoms with Crippen LogP contribution in [0, 0.1) is 0 Å². The summed E-state index contributed by atoms with van der Waals surface area (Å²) in [4.78, 5) is 19.7. The quantitative estimate of drug-likeness (QED) is 0.569. The first-order valence-electron chi connectivity index (χ1n) is 10.9. The van der Waals surface area contributed by atoms with Crippen LogP contribution in [-0.4, -0.2) is 37.3 Å². The zero-order valence-electron chi connectivity index (χ0n) is 18.7. The second-order valence-corrected chi connectivity index (χ2v) is 12.0.